The van der Waals surface area contributed by atoms with Gasteiger partial charge in [-0.25, -0.2) is 9.13 Å². The Kier molecular flexibility index (Phi) is 65.9. The van der Waals surface area contributed by atoms with Gasteiger partial charge in [0.25, 0.3) is 0 Å². The van der Waals surface area contributed by atoms with Crippen LogP contribution in [0.25, 0.3) is 0 Å². The van der Waals surface area contributed by atoms with Crippen LogP contribution in [0.4, 0.5) is 0 Å². The van der Waals surface area contributed by atoms with Crippen molar-refractivity contribution < 1.29 is 80.2 Å². The van der Waals surface area contributed by atoms with Gasteiger partial charge in [0.2, 0.25) is 0 Å². The lowest BCUT2D eigenvalue weighted by Gasteiger charge is -2.21. The number of rotatable bonds is 74. The second-order valence-electron chi connectivity index (χ2n) is 27.2. The number of esters is 4. The molecule has 93 heavy (non-hydrogen) atoms. The fraction of sp³-hybridized carbons (Fsp3) is 0.946. The molecule has 0 saturated heterocycles. The van der Waals surface area contributed by atoms with E-state index in [0.29, 0.717) is 25.7 Å². The summed E-state index contributed by atoms with van der Waals surface area (Å²) in [6, 6.07) is 0. The SMILES string of the molecule is CCCCCCCCCCCCCCCCCCCCC(=O)O[C@H](COC(=O)CCCCCCCCCCCCCCCCC)COP(=O)(O)OC[C@@H](O)COP(=O)(O)OC[C@@H](COC(=O)CCCCCCCCCCC)OC(=O)CCCCCCCCCCC(C)C. The predicted octanol–water partition coefficient (Wildman–Crippen LogP) is 21.7. The van der Waals surface area contributed by atoms with Gasteiger partial charge in [-0.05, 0) is 31.6 Å². The summed E-state index contributed by atoms with van der Waals surface area (Å²) >= 11 is 0. The number of aliphatic hydroxyl groups is 1. The Morgan fingerprint density at radius 1 is 0.290 bits per heavy atom. The van der Waals surface area contributed by atoms with Gasteiger partial charge in [0.05, 0.1) is 26.4 Å². The van der Waals surface area contributed by atoms with Crippen LogP contribution in [0, 0.1) is 5.92 Å². The van der Waals surface area contributed by atoms with Crippen molar-refractivity contribution in [3.8, 4) is 0 Å². The van der Waals surface area contributed by atoms with Crippen LogP contribution in [0.1, 0.15) is 388 Å². The van der Waals surface area contributed by atoms with Gasteiger partial charge in [-0.3, -0.25) is 37.3 Å². The summed E-state index contributed by atoms with van der Waals surface area (Å²) in [5.41, 5.74) is 0. The van der Waals surface area contributed by atoms with Crippen molar-refractivity contribution in [1.29, 1.82) is 0 Å². The number of unbranched alkanes of at least 4 members (excludes halogenated alkanes) is 46. The highest BCUT2D eigenvalue weighted by atomic mass is 31.2. The van der Waals surface area contributed by atoms with Crippen molar-refractivity contribution in [1.82, 2.24) is 0 Å². The number of carbonyl (C=O) groups is 4. The molecule has 5 atom stereocenters. The van der Waals surface area contributed by atoms with E-state index in [4.69, 9.17) is 37.0 Å². The van der Waals surface area contributed by atoms with Crippen LogP contribution in [0.5, 0.6) is 0 Å². The summed E-state index contributed by atoms with van der Waals surface area (Å²) in [5.74, 6) is -1.40. The van der Waals surface area contributed by atoms with Crippen LogP contribution in [-0.2, 0) is 65.4 Å². The first-order valence-corrected chi connectivity index (χ1v) is 41.6. The fourth-order valence-electron chi connectivity index (χ4n) is 11.4. The molecule has 17 nitrogen and oxygen atoms in total. The maximum Gasteiger partial charge on any atom is 0.472 e. The molecule has 0 amide bonds. The molecule has 0 saturated carbocycles. The summed E-state index contributed by atoms with van der Waals surface area (Å²) in [4.78, 5) is 72.7. The lowest BCUT2D eigenvalue weighted by molar-refractivity contribution is -0.161. The summed E-state index contributed by atoms with van der Waals surface area (Å²) in [7, 11) is -9.90. The Balaban J connectivity index is 5.22. The second-order valence-corrected chi connectivity index (χ2v) is 30.1. The standard InChI is InChI=1S/C74H144O17P2/c1-6-9-12-15-18-21-23-25-27-28-29-31-33-35-38-44-49-54-59-73(78)90-69(64-85-72(77)58-53-48-43-37-34-32-30-26-24-22-19-16-13-10-7-2)65-88-92(80,81)86-61-68(75)62-87-93(82,83)89-66-70(63-84-71(76)57-52-47-42-36-20-17-14-11-8-3)91-74(79)60-55-50-45-40-39-41-46-51-56-67(4)5/h67-70,75H,6-66H2,1-5H3,(H,80,81)(H,82,83)/t68-,69-,70-/m1/s1. The molecule has 19 heteroatoms. The van der Waals surface area contributed by atoms with Crippen molar-refractivity contribution in [2.24, 2.45) is 5.92 Å². The monoisotopic (exact) mass is 1370 g/mol. The highest BCUT2D eigenvalue weighted by Gasteiger charge is 2.30. The molecule has 0 radical (unpaired) electrons. The van der Waals surface area contributed by atoms with E-state index in [-0.39, 0.29) is 25.7 Å². The number of aliphatic hydroxyl groups excluding tert-OH is 1. The van der Waals surface area contributed by atoms with E-state index >= 15 is 0 Å². The molecule has 0 aromatic heterocycles. The first-order chi connectivity index (χ1) is 45.0. The number of hydrogen-bond donors (Lipinski definition) is 3. The van der Waals surface area contributed by atoms with Crippen molar-refractivity contribution >= 4 is 39.5 Å². The van der Waals surface area contributed by atoms with Gasteiger partial charge in [-0.2, -0.15) is 0 Å². The molecule has 0 aliphatic heterocycles. The molecule has 0 rings (SSSR count). The van der Waals surface area contributed by atoms with Crippen molar-refractivity contribution in [2.45, 2.75) is 406 Å². The maximum absolute atomic E-state index is 13.1. The van der Waals surface area contributed by atoms with E-state index in [2.05, 4.69) is 34.6 Å². The topological polar surface area (TPSA) is 237 Å². The number of ether oxygens (including phenoxy) is 4. The van der Waals surface area contributed by atoms with Crippen LogP contribution >= 0.6 is 15.6 Å². The number of phosphoric ester groups is 2. The molecular weight excluding hydrogens is 1220 g/mol. The summed E-state index contributed by atoms with van der Waals surface area (Å²) in [6.45, 7) is 7.22. The zero-order valence-corrected chi connectivity index (χ0v) is 62.2. The first kappa shape index (κ1) is 91.1. The van der Waals surface area contributed by atoms with E-state index in [1.165, 1.54) is 212 Å². The van der Waals surface area contributed by atoms with Gasteiger partial charge in [-0.15, -0.1) is 0 Å². The van der Waals surface area contributed by atoms with Crippen LogP contribution in [-0.4, -0.2) is 96.7 Å². The molecule has 552 valence electrons. The van der Waals surface area contributed by atoms with Gasteiger partial charge in [0.1, 0.15) is 19.3 Å². The quantitative estimate of drug-likeness (QED) is 0.0222. The molecule has 0 bridgehead atoms. The Labute approximate surface area is 568 Å². The Morgan fingerprint density at radius 3 is 0.731 bits per heavy atom. The fourth-order valence-corrected chi connectivity index (χ4v) is 12.9. The summed E-state index contributed by atoms with van der Waals surface area (Å²) in [6.07, 6.45) is 55.5. The van der Waals surface area contributed by atoms with Crippen LogP contribution < -0.4 is 0 Å². The molecule has 0 fully saturated rings. The molecule has 0 spiro atoms. The zero-order chi connectivity index (χ0) is 68.4. The molecule has 2 unspecified atom stereocenters. The normalized spacial score (nSPS) is 14.0. The minimum Gasteiger partial charge on any atom is -0.462 e. The third kappa shape index (κ3) is 68.4. The summed E-state index contributed by atoms with van der Waals surface area (Å²) < 4.78 is 68.4. The average Bonchev–Trinajstić information content (AvgIpc) is 2.55. The van der Waals surface area contributed by atoms with Crippen LogP contribution in [0.15, 0.2) is 0 Å². The van der Waals surface area contributed by atoms with E-state index in [1.807, 2.05) is 0 Å². The zero-order valence-electron chi connectivity index (χ0n) is 60.4. The first-order valence-electron chi connectivity index (χ1n) is 38.6. The molecular formula is C74H144O17P2. The minimum atomic E-state index is -4.95. The largest absolute Gasteiger partial charge is 0.472 e. The van der Waals surface area contributed by atoms with Gasteiger partial charge in [0.15, 0.2) is 12.2 Å². The van der Waals surface area contributed by atoms with Crippen LogP contribution in [0.2, 0.25) is 0 Å². The third-order valence-electron chi connectivity index (χ3n) is 17.3. The molecule has 0 aliphatic carbocycles. The predicted molar refractivity (Wildman–Crippen MR) is 377 cm³/mol. The smallest absolute Gasteiger partial charge is 0.462 e. The van der Waals surface area contributed by atoms with Gasteiger partial charge in [0, 0.05) is 25.7 Å². The minimum absolute atomic E-state index is 0.105. The Bertz CT molecular complexity index is 1790. The molecule has 0 heterocycles. The number of carbonyl (C=O) groups excluding carboxylic acids is 4. The average molecular weight is 1370 g/mol. The molecule has 0 aliphatic rings. The van der Waals surface area contributed by atoms with E-state index < -0.39 is 97.5 Å². The van der Waals surface area contributed by atoms with E-state index in [0.717, 1.165) is 95.8 Å². The molecule has 0 aromatic rings. The Hall–Kier alpha value is -1.94. The van der Waals surface area contributed by atoms with Crippen molar-refractivity contribution in [2.75, 3.05) is 39.6 Å². The number of phosphoric acid groups is 2. The lowest BCUT2D eigenvalue weighted by atomic mass is 10.0. The molecule has 0 aromatic carbocycles. The van der Waals surface area contributed by atoms with Crippen molar-refractivity contribution in [3.05, 3.63) is 0 Å². The number of hydrogen-bond acceptors (Lipinski definition) is 15. The van der Waals surface area contributed by atoms with E-state index in [1.54, 1.807) is 0 Å². The van der Waals surface area contributed by atoms with Gasteiger partial charge in [-0.1, -0.05) is 336 Å². The van der Waals surface area contributed by atoms with Gasteiger partial charge < -0.3 is 33.8 Å². The lowest BCUT2D eigenvalue weighted by Crippen LogP contribution is -2.30. The molecule has 3 N–H and O–H groups in total. The maximum atomic E-state index is 13.1. The second kappa shape index (κ2) is 67.3. The third-order valence-corrected chi connectivity index (χ3v) is 19.2. The Morgan fingerprint density at radius 2 is 0.495 bits per heavy atom. The van der Waals surface area contributed by atoms with Gasteiger partial charge >= 0.3 is 39.5 Å². The van der Waals surface area contributed by atoms with Crippen LogP contribution in [0.3, 0.4) is 0 Å². The highest BCUT2D eigenvalue weighted by molar-refractivity contribution is 7.47. The summed E-state index contributed by atoms with van der Waals surface area (Å²) in [5, 5.41) is 10.6. The van der Waals surface area contributed by atoms with Crippen molar-refractivity contribution in [3.63, 3.8) is 0 Å². The highest BCUT2D eigenvalue weighted by Crippen LogP contribution is 2.45. The van der Waals surface area contributed by atoms with E-state index in [9.17, 15) is 43.2 Å².